The third kappa shape index (κ3) is 5.29. The quantitative estimate of drug-likeness (QED) is 0.157. The van der Waals surface area contributed by atoms with Gasteiger partial charge in [0.05, 0.1) is 0 Å². The zero-order valence-electron chi connectivity index (χ0n) is 21.0. The molecule has 6 aromatic carbocycles. The van der Waals surface area contributed by atoms with Gasteiger partial charge in [0.1, 0.15) is 0 Å². The topological polar surface area (TPSA) is 0 Å². The molecule has 0 saturated carbocycles. The zero-order chi connectivity index (χ0) is 25.9. The number of hydrogen-bond acceptors (Lipinski definition) is 2. The van der Waals surface area contributed by atoms with Gasteiger partial charge in [-0.05, 0) is 90.3 Å². The molecule has 0 bridgehead atoms. The summed E-state index contributed by atoms with van der Waals surface area (Å²) in [6.07, 6.45) is 4.39. The summed E-state index contributed by atoms with van der Waals surface area (Å²) in [7, 11) is 0. The molecule has 0 fully saturated rings. The summed E-state index contributed by atoms with van der Waals surface area (Å²) in [6.45, 7) is 0. The number of benzene rings is 6. The fraction of sp³-hybridized carbons (Fsp3) is 0.0556. The number of thiol groups is 2. The molecule has 6 rings (SSSR count). The van der Waals surface area contributed by atoms with Crippen LogP contribution in [0.4, 0.5) is 0 Å². The van der Waals surface area contributed by atoms with E-state index in [4.69, 9.17) is 0 Å². The highest BCUT2D eigenvalue weighted by Gasteiger charge is 2.03. The Hall–Kier alpha value is -3.72. The number of rotatable bonds is 6. The first-order chi connectivity index (χ1) is 18.7. The van der Waals surface area contributed by atoms with Crippen LogP contribution in [0.1, 0.15) is 22.3 Å². The van der Waals surface area contributed by atoms with E-state index >= 15 is 0 Å². The molecular weight excluding hydrogens is 497 g/mol. The molecule has 0 heterocycles. The Kier molecular flexibility index (Phi) is 7.09. The van der Waals surface area contributed by atoms with Gasteiger partial charge in [-0.25, -0.2) is 0 Å². The molecule has 0 aliphatic heterocycles. The zero-order valence-corrected chi connectivity index (χ0v) is 22.8. The molecular formula is C36H28S2. The molecule has 0 saturated heterocycles. The Morgan fingerprint density at radius 1 is 0.368 bits per heavy atom. The van der Waals surface area contributed by atoms with Crippen LogP contribution in [0.25, 0.3) is 56.0 Å². The van der Waals surface area contributed by atoms with E-state index in [9.17, 15) is 0 Å². The summed E-state index contributed by atoms with van der Waals surface area (Å²) in [5.74, 6) is 1.53. The first kappa shape index (κ1) is 24.6. The maximum Gasteiger partial charge on any atom is 0.0154 e. The maximum absolute atomic E-state index is 4.36. The monoisotopic (exact) mass is 524 g/mol. The minimum Gasteiger partial charge on any atom is -0.175 e. The van der Waals surface area contributed by atoms with E-state index in [-0.39, 0.29) is 0 Å². The summed E-state index contributed by atoms with van der Waals surface area (Å²) >= 11 is 8.72. The lowest BCUT2D eigenvalue weighted by Gasteiger charge is -2.07. The summed E-state index contributed by atoms with van der Waals surface area (Å²) in [4.78, 5) is 0. The number of fused-ring (bicyclic) bond motifs is 2. The number of hydrogen-bond donors (Lipinski definition) is 2. The first-order valence-corrected chi connectivity index (χ1v) is 14.1. The van der Waals surface area contributed by atoms with E-state index < -0.39 is 0 Å². The second-order valence-corrected chi connectivity index (χ2v) is 10.3. The Balaban J connectivity index is 1.21. The molecule has 0 amide bonds. The maximum atomic E-state index is 4.36. The standard InChI is InChI=1S/C36H28S2/c37-23-27-5-9-29(10-6-27)33-17-15-31-19-25(3-13-35(31)21-33)1-2-26-4-14-36-22-34(18-16-32(36)20-26)30-11-7-28(24-38)8-12-30/h1-22,37-38H,23-24H2/b2-1+. The van der Waals surface area contributed by atoms with Gasteiger partial charge in [0.2, 0.25) is 0 Å². The minimum absolute atomic E-state index is 0.764. The van der Waals surface area contributed by atoms with Crippen LogP contribution in [0.3, 0.4) is 0 Å². The summed E-state index contributed by atoms with van der Waals surface area (Å²) in [5.41, 5.74) is 9.81. The van der Waals surface area contributed by atoms with Crippen LogP contribution in [0.15, 0.2) is 121 Å². The normalized spacial score (nSPS) is 11.5. The molecule has 0 spiro atoms. The molecule has 0 aliphatic carbocycles. The van der Waals surface area contributed by atoms with E-state index in [1.807, 2.05) is 0 Å². The highest BCUT2D eigenvalue weighted by molar-refractivity contribution is 7.79. The highest BCUT2D eigenvalue weighted by Crippen LogP contribution is 2.28. The molecule has 0 radical (unpaired) electrons. The molecule has 0 aromatic heterocycles. The minimum atomic E-state index is 0.764. The van der Waals surface area contributed by atoms with Crippen molar-refractivity contribution in [2.24, 2.45) is 0 Å². The van der Waals surface area contributed by atoms with Crippen molar-refractivity contribution in [3.63, 3.8) is 0 Å². The van der Waals surface area contributed by atoms with E-state index in [0.717, 1.165) is 11.5 Å². The molecule has 0 atom stereocenters. The van der Waals surface area contributed by atoms with Crippen molar-refractivity contribution in [1.82, 2.24) is 0 Å². The van der Waals surface area contributed by atoms with Crippen molar-refractivity contribution in [2.75, 3.05) is 0 Å². The predicted octanol–water partition coefficient (Wildman–Crippen LogP) is 10.4. The predicted molar refractivity (Wildman–Crippen MR) is 173 cm³/mol. The van der Waals surface area contributed by atoms with Crippen molar-refractivity contribution >= 4 is 59.0 Å². The van der Waals surface area contributed by atoms with Gasteiger partial charge in [-0.3, -0.25) is 0 Å². The van der Waals surface area contributed by atoms with Crippen LogP contribution in [-0.4, -0.2) is 0 Å². The fourth-order valence-corrected chi connectivity index (χ4v) is 5.31. The van der Waals surface area contributed by atoms with Crippen LogP contribution in [0.5, 0.6) is 0 Å². The molecule has 2 heteroatoms. The van der Waals surface area contributed by atoms with E-state index in [0.29, 0.717) is 0 Å². The summed E-state index contributed by atoms with van der Waals surface area (Å²) in [6, 6.07) is 44.0. The Morgan fingerprint density at radius 2 is 0.711 bits per heavy atom. The lowest BCUT2D eigenvalue weighted by molar-refractivity contribution is 1.43. The molecule has 184 valence electrons. The average Bonchev–Trinajstić information content (AvgIpc) is 2.99. The summed E-state index contributed by atoms with van der Waals surface area (Å²) in [5, 5.41) is 4.99. The molecule has 0 unspecified atom stereocenters. The first-order valence-electron chi connectivity index (χ1n) is 12.8. The van der Waals surface area contributed by atoms with Gasteiger partial charge in [0.15, 0.2) is 0 Å². The molecule has 6 aromatic rings. The lowest BCUT2D eigenvalue weighted by Crippen LogP contribution is -1.83. The highest BCUT2D eigenvalue weighted by atomic mass is 32.1. The van der Waals surface area contributed by atoms with Gasteiger partial charge >= 0.3 is 0 Å². The third-order valence-corrected chi connectivity index (χ3v) is 7.87. The second kappa shape index (κ2) is 10.9. The van der Waals surface area contributed by atoms with Crippen molar-refractivity contribution in [3.05, 3.63) is 144 Å². The second-order valence-electron chi connectivity index (χ2n) is 9.69. The SMILES string of the molecule is SCc1ccc(-c2ccc3cc(/C=C/c4ccc5cc(-c6ccc(CS)cc6)ccc5c4)ccc3c2)cc1. The van der Waals surface area contributed by atoms with E-state index in [2.05, 4.69) is 159 Å². The Morgan fingerprint density at radius 3 is 1.11 bits per heavy atom. The van der Waals surface area contributed by atoms with Crippen molar-refractivity contribution < 1.29 is 0 Å². The smallest absolute Gasteiger partial charge is 0.0154 e. The van der Waals surface area contributed by atoms with Crippen LogP contribution in [-0.2, 0) is 11.5 Å². The fourth-order valence-electron chi connectivity index (χ4n) is 4.89. The Bertz CT molecular complexity index is 1630. The van der Waals surface area contributed by atoms with Gasteiger partial charge in [0.25, 0.3) is 0 Å². The summed E-state index contributed by atoms with van der Waals surface area (Å²) < 4.78 is 0. The lowest BCUT2D eigenvalue weighted by atomic mass is 9.98. The van der Waals surface area contributed by atoms with Gasteiger partial charge in [-0.15, -0.1) is 0 Å². The van der Waals surface area contributed by atoms with Gasteiger partial charge < -0.3 is 0 Å². The van der Waals surface area contributed by atoms with Crippen LogP contribution in [0.2, 0.25) is 0 Å². The van der Waals surface area contributed by atoms with E-state index in [1.54, 1.807) is 0 Å². The molecule has 0 nitrogen and oxygen atoms in total. The van der Waals surface area contributed by atoms with Crippen molar-refractivity contribution in [2.45, 2.75) is 11.5 Å². The largest absolute Gasteiger partial charge is 0.175 e. The van der Waals surface area contributed by atoms with Crippen LogP contribution >= 0.6 is 25.3 Å². The van der Waals surface area contributed by atoms with Crippen LogP contribution < -0.4 is 0 Å². The van der Waals surface area contributed by atoms with Gasteiger partial charge in [-0.2, -0.15) is 25.3 Å². The molecule has 38 heavy (non-hydrogen) atoms. The molecule has 0 N–H and O–H groups in total. The van der Waals surface area contributed by atoms with E-state index in [1.165, 1.54) is 66.1 Å². The van der Waals surface area contributed by atoms with Gasteiger partial charge in [-0.1, -0.05) is 109 Å². The van der Waals surface area contributed by atoms with Crippen molar-refractivity contribution in [1.29, 1.82) is 0 Å². The third-order valence-electron chi connectivity index (χ3n) is 7.14. The van der Waals surface area contributed by atoms with Crippen LogP contribution in [0, 0.1) is 0 Å². The van der Waals surface area contributed by atoms with Crippen molar-refractivity contribution in [3.8, 4) is 22.3 Å². The Labute approximate surface area is 235 Å². The average molecular weight is 525 g/mol. The molecule has 0 aliphatic rings. The van der Waals surface area contributed by atoms with Gasteiger partial charge in [0, 0.05) is 11.5 Å².